The molecule has 15 heavy (non-hydrogen) atoms. The molecule has 0 saturated heterocycles. The first-order chi connectivity index (χ1) is 7.06. The average Bonchev–Trinajstić information content (AvgIpc) is 2.21. The van der Waals surface area contributed by atoms with Crippen molar-refractivity contribution in [2.75, 3.05) is 7.11 Å². The molecule has 2 nitrogen and oxygen atoms in total. The highest BCUT2D eigenvalue weighted by atomic mass is 35.5. The molecule has 0 fully saturated rings. The molecule has 0 heterocycles. The number of halogens is 1. The fourth-order valence-corrected chi connectivity index (χ4v) is 1.52. The lowest BCUT2D eigenvalue weighted by Crippen LogP contribution is -1.96. The van der Waals surface area contributed by atoms with Gasteiger partial charge in [-0.1, -0.05) is 23.7 Å². The number of hydrogen-bond donors (Lipinski definition) is 0. The van der Waals surface area contributed by atoms with E-state index in [1.54, 1.807) is 0 Å². The minimum absolute atomic E-state index is 0.355. The Balaban J connectivity index is 3.11. The minimum atomic E-state index is -0.355. The summed E-state index contributed by atoms with van der Waals surface area (Å²) < 4.78 is 4.56. The van der Waals surface area contributed by atoms with E-state index in [0.717, 1.165) is 16.7 Å². The monoisotopic (exact) mass is 224 g/mol. The highest BCUT2D eigenvalue weighted by molar-refractivity contribution is 6.31. The van der Waals surface area contributed by atoms with Gasteiger partial charge in [-0.25, -0.2) is 4.79 Å². The first kappa shape index (κ1) is 11.8. The molecule has 0 aliphatic rings. The van der Waals surface area contributed by atoms with E-state index in [-0.39, 0.29) is 5.97 Å². The number of esters is 1. The van der Waals surface area contributed by atoms with Gasteiger partial charge in [0.2, 0.25) is 0 Å². The number of carbonyl (C=O) groups is 1. The van der Waals surface area contributed by atoms with E-state index in [4.69, 9.17) is 11.6 Å². The van der Waals surface area contributed by atoms with E-state index in [0.29, 0.717) is 5.02 Å². The molecular weight excluding hydrogens is 212 g/mol. The molecular formula is C12H13ClO2. The van der Waals surface area contributed by atoms with Crippen LogP contribution in [-0.4, -0.2) is 13.1 Å². The van der Waals surface area contributed by atoms with E-state index in [1.165, 1.54) is 13.2 Å². The number of methoxy groups -OCH3 is 1. The van der Waals surface area contributed by atoms with Gasteiger partial charge in [0.25, 0.3) is 0 Å². The summed E-state index contributed by atoms with van der Waals surface area (Å²) in [5, 5.41) is 0.699. The van der Waals surface area contributed by atoms with Gasteiger partial charge in [0, 0.05) is 11.1 Å². The molecule has 3 heteroatoms. The highest BCUT2D eigenvalue weighted by Gasteiger charge is 2.05. The van der Waals surface area contributed by atoms with E-state index < -0.39 is 0 Å². The van der Waals surface area contributed by atoms with Crippen LogP contribution in [0.3, 0.4) is 0 Å². The van der Waals surface area contributed by atoms with Gasteiger partial charge in [-0.2, -0.15) is 0 Å². The van der Waals surface area contributed by atoms with Crippen LogP contribution in [0.2, 0.25) is 5.02 Å². The molecule has 80 valence electrons. The van der Waals surface area contributed by atoms with Crippen LogP contribution in [-0.2, 0) is 9.53 Å². The Kier molecular flexibility index (Phi) is 3.92. The first-order valence-electron chi connectivity index (χ1n) is 4.58. The number of rotatable bonds is 2. The molecule has 0 saturated carbocycles. The molecule has 1 aromatic rings. The van der Waals surface area contributed by atoms with Crippen LogP contribution in [0.4, 0.5) is 0 Å². The molecule has 1 rings (SSSR count). The van der Waals surface area contributed by atoms with Crippen molar-refractivity contribution in [2.45, 2.75) is 13.8 Å². The summed E-state index contributed by atoms with van der Waals surface area (Å²) in [6.45, 7) is 3.78. The third-order valence-corrected chi connectivity index (χ3v) is 2.64. The van der Waals surface area contributed by atoms with Crippen molar-refractivity contribution < 1.29 is 9.53 Å². The van der Waals surface area contributed by atoms with E-state index in [9.17, 15) is 4.79 Å². The van der Waals surface area contributed by atoms with Crippen molar-refractivity contribution in [3.05, 3.63) is 40.4 Å². The van der Waals surface area contributed by atoms with Gasteiger partial charge in [0.05, 0.1) is 7.11 Å². The maximum absolute atomic E-state index is 11.1. The Labute approximate surface area is 94.5 Å². The largest absolute Gasteiger partial charge is 0.466 e. The van der Waals surface area contributed by atoms with Gasteiger partial charge in [-0.3, -0.25) is 0 Å². The van der Waals surface area contributed by atoms with Crippen molar-refractivity contribution >= 4 is 23.1 Å². The number of ether oxygens (including phenoxy) is 1. The molecule has 1 aromatic carbocycles. The van der Waals surface area contributed by atoms with E-state index in [1.807, 2.05) is 32.0 Å². The van der Waals surface area contributed by atoms with Gasteiger partial charge in [0.15, 0.2) is 0 Å². The summed E-state index contributed by atoms with van der Waals surface area (Å²) in [6.07, 6.45) is 1.46. The van der Waals surface area contributed by atoms with E-state index >= 15 is 0 Å². The molecule has 0 aliphatic heterocycles. The molecule has 0 bridgehead atoms. The van der Waals surface area contributed by atoms with Crippen LogP contribution < -0.4 is 0 Å². The van der Waals surface area contributed by atoms with Crippen LogP contribution in [0.25, 0.3) is 5.57 Å². The normalized spacial score (nSPS) is 11.3. The molecule has 0 unspecified atom stereocenters. The van der Waals surface area contributed by atoms with Crippen LogP contribution in [0.1, 0.15) is 18.1 Å². The lowest BCUT2D eigenvalue weighted by Gasteiger charge is -2.07. The van der Waals surface area contributed by atoms with Crippen molar-refractivity contribution in [3.8, 4) is 0 Å². The molecule has 0 amide bonds. The smallest absolute Gasteiger partial charge is 0.330 e. The van der Waals surface area contributed by atoms with Crippen LogP contribution >= 0.6 is 11.6 Å². The standard InChI is InChI=1S/C12H13ClO2/c1-8(7-12(14)15-3)10-5-4-6-11(13)9(10)2/h4-7H,1-3H3. The van der Waals surface area contributed by atoms with Crippen molar-refractivity contribution in [1.29, 1.82) is 0 Å². The topological polar surface area (TPSA) is 26.3 Å². The first-order valence-corrected chi connectivity index (χ1v) is 4.95. The lowest BCUT2D eigenvalue weighted by atomic mass is 10.0. The van der Waals surface area contributed by atoms with Gasteiger partial charge >= 0.3 is 5.97 Å². The Morgan fingerprint density at radius 2 is 2.13 bits per heavy atom. The molecule has 0 aliphatic carbocycles. The number of benzene rings is 1. The highest BCUT2D eigenvalue weighted by Crippen LogP contribution is 2.24. The number of hydrogen-bond acceptors (Lipinski definition) is 2. The zero-order chi connectivity index (χ0) is 11.4. The third kappa shape index (κ3) is 2.83. The fraction of sp³-hybridized carbons (Fsp3) is 0.250. The number of allylic oxidation sites excluding steroid dienone is 1. The molecule has 0 N–H and O–H groups in total. The Morgan fingerprint density at radius 1 is 1.47 bits per heavy atom. The van der Waals surface area contributed by atoms with Crippen molar-refractivity contribution in [1.82, 2.24) is 0 Å². The average molecular weight is 225 g/mol. The van der Waals surface area contributed by atoms with E-state index in [2.05, 4.69) is 4.74 Å². The maximum atomic E-state index is 11.1. The molecule has 0 aromatic heterocycles. The maximum Gasteiger partial charge on any atom is 0.330 e. The van der Waals surface area contributed by atoms with Crippen molar-refractivity contribution in [3.63, 3.8) is 0 Å². The summed E-state index contributed by atoms with van der Waals surface area (Å²) in [5.41, 5.74) is 2.78. The fourth-order valence-electron chi connectivity index (χ4n) is 1.35. The number of carbonyl (C=O) groups excluding carboxylic acids is 1. The van der Waals surface area contributed by atoms with Crippen molar-refractivity contribution in [2.24, 2.45) is 0 Å². The van der Waals surface area contributed by atoms with Crippen LogP contribution in [0, 0.1) is 6.92 Å². The Hall–Kier alpha value is -1.28. The zero-order valence-electron chi connectivity index (χ0n) is 9.00. The summed E-state index contributed by atoms with van der Waals surface area (Å²) in [5.74, 6) is -0.355. The predicted octanol–water partition coefficient (Wildman–Crippen LogP) is 3.22. The SMILES string of the molecule is COC(=O)C=C(C)c1cccc(Cl)c1C. The van der Waals surface area contributed by atoms with Crippen LogP contribution in [0.15, 0.2) is 24.3 Å². The molecule has 0 radical (unpaired) electrons. The van der Waals surface area contributed by atoms with Gasteiger partial charge in [-0.15, -0.1) is 0 Å². The second kappa shape index (κ2) is 4.99. The summed E-state index contributed by atoms with van der Waals surface area (Å²) in [6, 6.07) is 5.61. The second-order valence-electron chi connectivity index (χ2n) is 3.26. The van der Waals surface area contributed by atoms with Gasteiger partial charge < -0.3 is 4.74 Å². The quantitative estimate of drug-likeness (QED) is 0.570. The minimum Gasteiger partial charge on any atom is -0.466 e. The summed E-state index contributed by atoms with van der Waals surface area (Å²) in [4.78, 5) is 11.1. The molecule has 0 spiro atoms. The second-order valence-corrected chi connectivity index (χ2v) is 3.67. The van der Waals surface area contributed by atoms with Gasteiger partial charge in [-0.05, 0) is 36.6 Å². The summed E-state index contributed by atoms with van der Waals surface area (Å²) in [7, 11) is 1.36. The van der Waals surface area contributed by atoms with Crippen LogP contribution in [0.5, 0.6) is 0 Å². The Bertz CT molecular complexity index is 408. The zero-order valence-corrected chi connectivity index (χ0v) is 9.76. The Morgan fingerprint density at radius 3 is 2.73 bits per heavy atom. The summed E-state index contributed by atoms with van der Waals surface area (Å²) >= 11 is 5.98. The predicted molar refractivity (Wildman–Crippen MR) is 61.9 cm³/mol. The lowest BCUT2D eigenvalue weighted by molar-refractivity contribution is -0.134. The third-order valence-electron chi connectivity index (χ3n) is 2.23. The molecule has 0 atom stereocenters. The van der Waals surface area contributed by atoms with Gasteiger partial charge in [0.1, 0.15) is 0 Å².